The van der Waals surface area contributed by atoms with Crippen LogP contribution in [-0.2, 0) is 0 Å². The van der Waals surface area contributed by atoms with Gasteiger partial charge in [0.2, 0.25) is 0 Å². The Morgan fingerprint density at radius 2 is 1.50 bits per heavy atom. The maximum Gasteiger partial charge on any atom is 0.155 e. The van der Waals surface area contributed by atoms with E-state index < -0.39 is 0 Å². The quantitative estimate of drug-likeness (QED) is 0.656. The molecule has 0 fully saturated rings. The summed E-state index contributed by atoms with van der Waals surface area (Å²) in [5.74, 6) is 1.22. The molecule has 0 saturated heterocycles. The molecule has 0 aliphatic heterocycles. The van der Waals surface area contributed by atoms with Crippen molar-refractivity contribution in [1.82, 2.24) is 0 Å². The molecule has 3 nitrogen and oxygen atoms in total. The molecular formula is C12H9Br3N2O. The van der Waals surface area contributed by atoms with Crippen molar-refractivity contribution in [3.05, 3.63) is 43.7 Å². The highest BCUT2D eigenvalue weighted by atomic mass is 79.9. The monoisotopic (exact) mass is 434 g/mol. The zero-order valence-electron chi connectivity index (χ0n) is 9.08. The standard InChI is InChI=1S/C12H9Br3N2O/c13-6-3-8(14)12(9(15)4-6)18-11-2-1-7(16)5-10(11)17/h1-5H,16-17H2. The fourth-order valence-electron chi connectivity index (χ4n) is 1.40. The molecule has 0 atom stereocenters. The van der Waals surface area contributed by atoms with E-state index in [0.29, 0.717) is 22.9 Å². The lowest BCUT2D eigenvalue weighted by atomic mass is 10.2. The highest BCUT2D eigenvalue weighted by Crippen LogP contribution is 2.40. The van der Waals surface area contributed by atoms with Gasteiger partial charge < -0.3 is 16.2 Å². The van der Waals surface area contributed by atoms with Crippen LogP contribution in [0.5, 0.6) is 11.5 Å². The molecule has 18 heavy (non-hydrogen) atoms. The molecule has 0 aromatic heterocycles. The highest BCUT2D eigenvalue weighted by molar-refractivity contribution is 9.11. The molecule has 0 bridgehead atoms. The van der Waals surface area contributed by atoms with Crippen LogP contribution in [0.25, 0.3) is 0 Å². The maximum atomic E-state index is 5.85. The van der Waals surface area contributed by atoms with Gasteiger partial charge in [0.25, 0.3) is 0 Å². The number of anilines is 2. The molecule has 0 unspecified atom stereocenters. The van der Waals surface area contributed by atoms with E-state index in [1.807, 2.05) is 12.1 Å². The lowest BCUT2D eigenvalue weighted by Crippen LogP contribution is -1.95. The molecule has 0 amide bonds. The second-order valence-electron chi connectivity index (χ2n) is 3.60. The first kappa shape index (κ1) is 13.7. The van der Waals surface area contributed by atoms with Crippen molar-refractivity contribution in [2.24, 2.45) is 0 Å². The number of nitrogens with two attached hydrogens (primary N) is 2. The van der Waals surface area contributed by atoms with Crippen LogP contribution in [-0.4, -0.2) is 0 Å². The molecule has 0 aliphatic carbocycles. The van der Waals surface area contributed by atoms with E-state index >= 15 is 0 Å². The fraction of sp³-hybridized carbons (Fsp3) is 0. The molecular weight excluding hydrogens is 428 g/mol. The van der Waals surface area contributed by atoms with Gasteiger partial charge in [0.1, 0.15) is 0 Å². The lowest BCUT2D eigenvalue weighted by Gasteiger charge is -2.12. The molecule has 2 aromatic carbocycles. The smallest absolute Gasteiger partial charge is 0.155 e. The van der Waals surface area contributed by atoms with E-state index in [-0.39, 0.29) is 0 Å². The van der Waals surface area contributed by atoms with Gasteiger partial charge in [-0.2, -0.15) is 0 Å². The summed E-state index contributed by atoms with van der Waals surface area (Å²) < 4.78 is 8.37. The van der Waals surface area contributed by atoms with E-state index in [1.54, 1.807) is 18.2 Å². The van der Waals surface area contributed by atoms with Crippen LogP contribution < -0.4 is 16.2 Å². The minimum Gasteiger partial charge on any atom is -0.453 e. The highest BCUT2D eigenvalue weighted by Gasteiger charge is 2.11. The number of benzene rings is 2. The van der Waals surface area contributed by atoms with Gasteiger partial charge >= 0.3 is 0 Å². The average molecular weight is 437 g/mol. The molecule has 0 saturated carbocycles. The topological polar surface area (TPSA) is 61.3 Å². The second-order valence-corrected chi connectivity index (χ2v) is 6.22. The molecule has 6 heteroatoms. The Morgan fingerprint density at radius 3 is 2.06 bits per heavy atom. The van der Waals surface area contributed by atoms with Gasteiger partial charge in [0.05, 0.1) is 14.6 Å². The van der Waals surface area contributed by atoms with E-state index in [2.05, 4.69) is 47.8 Å². The Bertz CT molecular complexity index is 579. The van der Waals surface area contributed by atoms with E-state index in [9.17, 15) is 0 Å². The van der Waals surface area contributed by atoms with Crippen LogP contribution in [0.4, 0.5) is 11.4 Å². The van der Waals surface area contributed by atoms with Crippen molar-refractivity contribution in [2.45, 2.75) is 0 Å². The minimum absolute atomic E-state index is 0.497. The van der Waals surface area contributed by atoms with E-state index in [4.69, 9.17) is 16.2 Å². The largest absolute Gasteiger partial charge is 0.453 e. The zero-order chi connectivity index (χ0) is 13.3. The van der Waals surface area contributed by atoms with Crippen molar-refractivity contribution in [2.75, 3.05) is 11.5 Å². The van der Waals surface area contributed by atoms with Crippen molar-refractivity contribution in [3.63, 3.8) is 0 Å². The fourth-order valence-corrected chi connectivity index (χ4v) is 3.82. The predicted octanol–water partition coefficient (Wildman–Crippen LogP) is 4.93. The van der Waals surface area contributed by atoms with Crippen molar-refractivity contribution < 1.29 is 4.74 Å². The first-order chi connectivity index (χ1) is 8.47. The van der Waals surface area contributed by atoms with Gasteiger partial charge in [-0.15, -0.1) is 0 Å². The molecule has 0 spiro atoms. The van der Waals surface area contributed by atoms with E-state index in [1.165, 1.54) is 0 Å². The molecule has 2 aromatic rings. The Morgan fingerprint density at radius 1 is 0.889 bits per heavy atom. The normalized spacial score (nSPS) is 10.4. The molecule has 4 N–H and O–H groups in total. The van der Waals surface area contributed by atoms with Gasteiger partial charge in [-0.1, -0.05) is 15.9 Å². The molecule has 2 rings (SSSR count). The number of ether oxygens (including phenoxy) is 1. The third-order valence-electron chi connectivity index (χ3n) is 2.21. The Balaban J connectivity index is 2.40. The summed E-state index contributed by atoms with van der Waals surface area (Å²) in [6.45, 7) is 0. The first-order valence-electron chi connectivity index (χ1n) is 4.95. The second kappa shape index (κ2) is 5.50. The summed E-state index contributed by atoms with van der Waals surface area (Å²) in [6.07, 6.45) is 0. The van der Waals surface area contributed by atoms with Gasteiger partial charge in [-0.05, 0) is 62.2 Å². The first-order valence-corrected chi connectivity index (χ1v) is 7.32. The maximum absolute atomic E-state index is 5.85. The predicted molar refractivity (Wildman–Crippen MR) is 84.9 cm³/mol. The summed E-state index contributed by atoms with van der Waals surface area (Å²) in [7, 11) is 0. The number of hydrogen-bond donors (Lipinski definition) is 2. The molecule has 0 heterocycles. The van der Waals surface area contributed by atoms with Gasteiger partial charge in [0.15, 0.2) is 11.5 Å². The van der Waals surface area contributed by atoms with Crippen LogP contribution >= 0.6 is 47.8 Å². The van der Waals surface area contributed by atoms with Crippen LogP contribution in [0.2, 0.25) is 0 Å². The van der Waals surface area contributed by atoms with Crippen molar-refractivity contribution in [1.29, 1.82) is 0 Å². The molecule has 0 aliphatic rings. The van der Waals surface area contributed by atoms with Crippen molar-refractivity contribution >= 4 is 59.2 Å². The Hall–Kier alpha value is -0.720. The zero-order valence-corrected chi connectivity index (χ0v) is 13.8. The number of nitrogen functional groups attached to an aromatic ring is 2. The Kier molecular flexibility index (Phi) is 4.19. The van der Waals surface area contributed by atoms with Gasteiger partial charge in [-0.3, -0.25) is 0 Å². The van der Waals surface area contributed by atoms with E-state index in [0.717, 1.165) is 13.4 Å². The summed E-state index contributed by atoms with van der Waals surface area (Å²) in [4.78, 5) is 0. The van der Waals surface area contributed by atoms with Gasteiger partial charge in [0, 0.05) is 10.2 Å². The third-order valence-corrected chi connectivity index (χ3v) is 3.84. The number of halogens is 3. The van der Waals surface area contributed by atoms with Gasteiger partial charge in [-0.25, -0.2) is 0 Å². The summed E-state index contributed by atoms with van der Waals surface area (Å²) in [6, 6.07) is 8.94. The van der Waals surface area contributed by atoms with Crippen LogP contribution in [0, 0.1) is 0 Å². The number of rotatable bonds is 2. The van der Waals surface area contributed by atoms with Crippen LogP contribution in [0.1, 0.15) is 0 Å². The lowest BCUT2D eigenvalue weighted by molar-refractivity contribution is 0.479. The average Bonchev–Trinajstić information content (AvgIpc) is 2.25. The SMILES string of the molecule is Nc1ccc(Oc2c(Br)cc(Br)cc2Br)c(N)c1. The molecule has 0 radical (unpaired) electrons. The summed E-state index contributed by atoms with van der Waals surface area (Å²) in [5.41, 5.74) is 12.6. The third kappa shape index (κ3) is 2.99. The summed E-state index contributed by atoms with van der Waals surface area (Å²) >= 11 is 10.3. The van der Waals surface area contributed by atoms with Crippen LogP contribution in [0.3, 0.4) is 0 Å². The summed E-state index contributed by atoms with van der Waals surface area (Å²) in [5, 5.41) is 0. The molecule has 94 valence electrons. The number of hydrogen-bond acceptors (Lipinski definition) is 3. The van der Waals surface area contributed by atoms with Crippen LogP contribution in [0.15, 0.2) is 43.7 Å². The van der Waals surface area contributed by atoms with Crippen molar-refractivity contribution in [3.8, 4) is 11.5 Å². The Labute approximate surface area is 130 Å². The minimum atomic E-state index is 0.497.